The van der Waals surface area contributed by atoms with E-state index in [1.807, 2.05) is 100 Å². The van der Waals surface area contributed by atoms with E-state index in [0.29, 0.717) is 23.9 Å². The largest absolute Gasteiger partial charge is 0.756 e. The average Bonchev–Trinajstić information content (AvgIpc) is 3.37. The summed E-state index contributed by atoms with van der Waals surface area (Å²) >= 11 is 0. The van der Waals surface area contributed by atoms with E-state index in [0.717, 1.165) is 83.5 Å². The third-order valence-corrected chi connectivity index (χ3v) is 12.6. The van der Waals surface area contributed by atoms with Crippen molar-refractivity contribution in [2.75, 3.05) is 40.9 Å². The highest BCUT2D eigenvalue weighted by Gasteiger charge is 2.27. The van der Waals surface area contributed by atoms with Gasteiger partial charge < -0.3 is 28.5 Å². The van der Waals surface area contributed by atoms with Crippen molar-refractivity contribution in [3.63, 3.8) is 0 Å². The first-order valence-corrected chi connectivity index (χ1v) is 30.3. The molecule has 10 heteroatoms. The second-order valence-electron chi connectivity index (χ2n) is 19.8. The van der Waals surface area contributed by atoms with Crippen LogP contribution in [0.3, 0.4) is 0 Å². The molecule has 0 aromatic carbocycles. The summed E-state index contributed by atoms with van der Waals surface area (Å²) in [6.07, 6.45) is 78.0. The van der Waals surface area contributed by atoms with E-state index in [4.69, 9.17) is 13.8 Å². The normalized spacial score (nSPS) is 14.9. The third-order valence-electron chi connectivity index (χ3n) is 11.6. The van der Waals surface area contributed by atoms with Gasteiger partial charge in [0.15, 0.2) is 0 Å². The maximum Gasteiger partial charge on any atom is 0.306 e. The number of rotatable bonds is 49. The van der Waals surface area contributed by atoms with E-state index >= 15 is 0 Å². The van der Waals surface area contributed by atoms with Gasteiger partial charge in [-0.05, 0) is 89.5 Å². The summed E-state index contributed by atoms with van der Waals surface area (Å²) in [5, 5.41) is 2.95. The van der Waals surface area contributed by atoms with Crippen LogP contribution in [0.5, 0.6) is 0 Å². The molecule has 0 aliphatic rings. The van der Waals surface area contributed by atoms with Crippen LogP contribution >= 0.6 is 7.82 Å². The lowest BCUT2D eigenvalue weighted by atomic mass is 10.0. The lowest BCUT2D eigenvalue weighted by molar-refractivity contribution is -0.870. The Morgan fingerprint density at radius 2 is 0.933 bits per heavy atom. The number of likely N-dealkylation sites (N-methyl/N-ethyl adjacent to an activating group) is 1. The molecule has 0 rings (SSSR count). The summed E-state index contributed by atoms with van der Waals surface area (Å²) in [6, 6.07) is -0.960. The number of quaternary nitrogens is 1. The summed E-state index contributed by atoms with van der Waals surface area (Å²) in [6.45, 7) is 6.45. The van der Waals surface area contributed by atoms with Crippen molar-refractivity contribution in [2.24, 2.45) is 0 Å². The highest BCUT2D eigenvalue weighted by atomic mass is 31.2. The van der Waals surface area contributed by atoms with E-state index in [1.54, 1.807) is 6.08 Å². The van der Waals surface area contributed by atoms with Crippen molar-refractivity contribution < 1.29 is 37.3 Å². The molecule has 0 radical (unpaired) electrons. The van der Waals surface area contributed by atoms with Crippen LogP contribution in [-0.2, 0) is 27.9 Å². The monoisotopic (exact) mass is 1060 g/mol. The number of hydrogen-bond donors (Lipinski definition) is 1. The predicted octanol–water partition coefficient (Wildman–Crippen LogP) is 17.0. The molecule has 0 aliphatic carbocycles. The molecule has 0 aromatic heterocycles. The third kappa shape index (κ3) is 54.2. The number of esters is 1. The van der Waals surface area contributed by atoms with Gasteiger partial charge in [0.25, 0.3) is 7.82 Å². The lowest BCUT2D eigenvalue weighted by Crippen LogP contribution is -2.47. The quantitative estimate of drug-likeness (QED) is 0.0161. The van der Waals surface area contributed by atoms with Crippen LogP contribution in [0.4, 0.5) is 0 Å². The summed E-state index contributed by atoms with van der Waals surface area (Å²) in [5.41, 5.74) is 0. The summed E-state index contributed by atoms with van der Waals surface area (Å²) in [5.74, 6) is -0.706. The molecule has 0 aliphatic heterocycles. The van der Waals surface area contributed by atoms with E-state index < -0.39 is 32.5 Å². The van der Waals surface area contributed by atoms with Crippen LogP contribution in [-0.4, -0.2) is 69.4 Å². The zero-order chi connectivity index (χ0) is 55.0. The molecule has 3 atom stereocenters. The minimum Gasteiger partial charge on any atom is -0.756 e. The number of nitrogens with one attached hydrogen (secondary N) is 1. The maximum absolute atomic E-state index is 13.5. The van der Waals surface area contributed by atoms with Gasteiger partial charge in [0.05, 0.1) is 33.8 Å². The molecule has 3 unspecified atom stereocenters. The Kier molecular flexibility index (Phi) is 50.0. The minimum atomic E-state index is -4.74. The number of carbonyl (C=O) groups is 2. The number of hydrogen-bond acceptors (Lipinski definition) is 7. The van der Waals surface area contributed by atoms with Crippen LogP contribution < -0.4 is 10.2 Å². The van der Waals surface area contributed by atoms with Gasteiger partial charge in [-0.3, -0.25) is 14.2 Å². The molecule has 1 amide bonds. The molecule has 0 bridgehead atoms. The fourth-order valence-corrected chi connectivity index (χ4v) is 7.94. The number of phosphoric acid groups is 1. The van der Waals surface area contributed by atoms with Crippen LogP contribution in [0.2, 0.25) is 0 Å². The molecule has 0 spiro atoms. The number of amides is 1. The van der Waals surface area contributed by atoms with E-state index in [2.05, 4.69) is 99.0 Å². The highest BCUT2D eigenvalue weighted by Crippen LogP contribution is 2.38. The molecule has 0 heterocycles. The second kappa shape index (κ2) is 53.0. The Morgan fingerprint density at radius 3 is 1.44 bits per heavy atom. The maximum atomic E-state index is 13.5. The number of unbranched alkanes of at least 4 members (excludes halogenated alkanes) is 14. The second-order valence-corrected chi connectivity index (χ2v) is 21.2. The van der Waals surface area contributed by atoms with Crippen LogP contribution in [0.25, 0.3) is 0 Å². The first kappa shape index (κ1) is 70.6. The predicted molar refractivity (Wildman–Crippen MR) is 320 cm³/mol. The molecule has 75 heavy (non-hydrogen) atoms. The molecule has 0 saturated carbocycles. The SMILES string of the molecule is CC\C=C/C=C/C=C/C=C\C=C\C=C\CCCCCC(=O)OC(/C=C/CCCCCCCCCCCCC)C(COP(=O)([O-])OCC[N+](C)(C)C)NC(=O)CC/C=C\C/C=C\C/C=C\C/C=C\C/C=C\C/C=C\CC. The van der Waals surface area contributed by atoms with Gasteiger partial charge in [-0.2, -0.15) is 0 Å². The van der Waals surface area contributed by atoms with Crippen LogP contribution in [0.1, 0.15) is 188 Å². The highest BCUT2D eigenvalue weighted by molar-refractivity contribution is 7.45. The Bertz CT molecular complexity index is 1840. The molecule has 1 N–H and O–H groups in total. The van der Waals surface area contributed by atoms with Gasteiger partial charge in [-0.15, -0.1) is 0 Å². The number of allylic oxidation sites excluding steroid dienone is 25. The minimum absolute atomic E-state index is 0.0534. The number of carbonyl (C=O) groups excluding carboxylic acids is 2. The van der Waals surface area contributed by atoms with Crippen LogP contribution in [0, 0.1) is 0 Å². The zero-order valence-electron chi connectivity index (χ0n) is 47.9. The Morgan fingerprint density at radius 1 is 0.493 bits per heavy atom. The van der Waals surface area contributed by atoms with Gasteiger partial charge >= 0.3 is 5.97 Å². The first-order chi connectivity index (χ1) is 36.4. The van der Waals surface area contributed by atoms with E-state index in [9.17, 15) is 19.0 Å². The van der Waals surface area contributed by atoms with Crippen molar-refractivity contribution in [1.29, 1.82) is 0 Å². The number of phosphoric ester groups is 1. The Hall–Kier alpha value is -4.37. The number of ether oxygens (including phenoxy) is 1. The van der Waals surface area contributed by atoms with Gasteiger partial charge in [0, 0.05) is 12.8 Å². The van der Waals surface area contributed by atoms with Gasteiger partial charge in [0.2, 0.25) is 5.91 Å². The van der Waals surface area contributed by atoms with Gasteiger partial charge in [-0.25, -0.2) is 0 Å². The molecular formula is C65H105N2O7P. The fraction of sp³-hybridized carbons (Fsp3) is 0.569. The molecule has 0 aromatic rings. The van der Waals surface area contributed by atoms with E-state index in [1.165, 1.54) is 57.8 Å². The lowest BCUT2D eigenvalue weighted by Gasteiger charge is -2.30. The first-order valence-electron chi connectivity index (χ1n) is 28.9. The van der Waals surface area contributed by atoms with Crippen molar-refractivity contribution >= 4 is 19.7 Å². The Balaban J connectivity index is 5.60. The van der Waals surface area contributed by atoms with Gasteiger partial charge in [-0.1, -0.05) is 243 Å². The van der Waals surface area contributed by atoms with Crippen molar-refractivity contribution in [2.45, 2.75) is 200 Å². The molecule has 422 valence electrons. The molecule has 9 nitrogen and oxygen atoms in total. The standard InChI is InChI=1S/C65H105N2O7P/c1-7-10-13-16-19-22-25-28-30-32-33-35-36-39-42-45-48-51-54-57-64(68)66-62(61-73-75(70,71)72-60-59-67(4,5)6)63(56-53-50-47-44-41-38-27-24-21-18-15-12-9-3)74-65(69)58-55-52-49-46-43-40-37-34-31-29-26-23-20-17-14-11-8-2/h10-11,13-14,17,19-20,22-23,26,28-31,33-35,37,39-40,42-43,48,51,53,56,62-63H,7-9,12,15-16,18,21,24-25,27,32,36,38,41,44-47,49-50,52,54-55,57-61H2,1-6H3,(H-,66,68,70,71)/b13-10-,14-11-,20-17+,22-19-,26-23+,30-28-,31-29-,35-33-,37-34+,42-39-,43-40+,51-48-,56-53+. The van der Waals surface area contributed by atoms with E-state index in [-0.39, 0.29) is 25.4 Å². The smallest absolute Gasteiger partial charge is 0.306 e. The number of nitrogens with zero attached hydrogens (tertiary/aromatic N) is 1. The van der Waals surface area contributed by atoms with Crippen molar-refractivity contribution in [3.8, 4) is 0 Å². The zero-order valence-corrected chi connectivity index (χ0v) is 48.8. The van der Waals surface area contributed by atoms with Crippen LogP contribution in [0.15, 0.2) is 158 Å². The molecular weight excluding hydrogens is 952 g/mol. The average molecular weight is 1060 g/mol. The van der Waals surface area contributed by atoms with Crippen molar-refractivity contribution in [3.05, 3.63) is 158 Å². The summed E-state index contributed by atoms with van der Waals surface area (Å²) < 4.78 is 30.2. The summed E-state index contributed by atoms with van der Waals surface area (Å²) in [7, 11) is 1.08. The Labute approximate surface area is 459 Å². The molecule has 0 fully saturated rings. The molecule has 0 saturated heterocycles. The summed E-state index contributed by atoms with van der Waals surface area (Å²) in [4.78, 5) is 39.9. The fourth-order valence-electron chi connectivity index (χ4n) is 7.22. The van der Waals surface area contributed by atoms with Gasteiger partial charge in [0.1, 0.15) is 19.3 Å². The topological polar surface area (TPSA) is 114 Å². The van der Waals surface area contributed by atoms with Crippen molar-refractivity contribution in [1.82, 2.24) is 5.32 Å².